The van der Waals surface area contributed by atoms with Gasteiger partial charge in [-0.3, -0.25) is 9.59 Å². The van der Waals surface area contributed by atoms with E-state index < -0.39 is 0 Å². The third-order valence-electron chi connectivity index (χ3n) is 5.14. The number of H-pyrrole nitrogens is 1. The molecular formula is C19H19N5O2S. The van der Waals surface area contributed by atoms with Gasteiger partial charge in [-0.1, -0.05) is 30.3 Å². The number of carbonyl (C=O) groups is 1. The number of likely N-dealkylation sites (tertiary alicyclic amines) is 1. The Morgan fingerprint density at radius 1 is 1.15 bits per heavy atom. The lowest BCUT2D eigenvalue weighted by Gasteiger charge is -2.41. The lowest BCUT2D eigenvalue weighted by atomic mass is 9.70. The SMILES string of the molecule is Nc1nc(C2(c3ccccc3)CCN(C(=O)c3ccc(=O)[nH]n3)CC2)cs1. The molecule has 0 unspecified atom stereocenters. The third-order valence-corrected chi connectivity index (χ3v) is 5.81. The van der Waals surface area contributed by atoms with Gasteiger partial charge in [0.05, 0.1) is 5.69 Å². The number of thiazole rings is 1. The van der Waals surface area contributed by atoms with Gasteiger partial charge >= 0.3 is 0 Å². The number of hydrogen-bond donors (Lipinski definition) is 2. The average molecular weight is 381 g/mol. The lowest BCUT2D eigenvalue weighted by molar-refractivity contribution is 0.0677. The number of piperidine rings is 1. The second-order valence-corrected chi connectivity index (χ2v) is 7.51. The molecule has 1 aromatic carbocycles. The largest absolute Gasteiger partial charge is 0.375 e. The highest BCUT2D eigenvalue weighted by Gasteiger charge is 2.41. The summed E-state index contributed by atoms with van der Waals surface area (Å²) in [7, 11) is 0. The summed E-state index contributed by atoms with van der Waals surface area (Å²) >= 11 is 1.44. The van der Waals surface area contributed by atoms with Crippen molar-refractivity contribution in [3.05, 3.63) is 75.1 Å². The van der Waals surface area contributed by atoms with Gasteiger partial charge in [0.15, 0.2) is 5.13 Å². The molecule has 1 aliphatic rings. The molecule has 7 nitrogen and oxygen atoms in total. The highest BCUT2D eigenvalue weighted by molar-refractivity contribution is 7.13. The fourth-order valence-corrected chi connectivity index (χ4v) is 4.34. The van der Waals surface area contributed by atoms with Gasteiger partial charge in [0, 0.05) is 30.0 Å². The fraction of sp³-hybridized carbons (Fsp3) is 0.263. The van der Waals surface area contributed by atoms with Crippen molar-refractivity contribution in [2.45, 2.75) is 18.3 Å². The monoisotopic (exact) mass is 381 g/mol. The first-order valence-corrected chi connectivity index (χ1v) is 9.58. The fourth-order valence-electron chi connectivity index (χ4n) is 3.67. The number of aromatic nitrogens is 3. The minimum atomic E-state index is -0.325. The summed E-state index contributed by atoms with van der Waals surface area (Å²) in [6, 6.07) is 13.0. The van der Waals surface area contributed by atoms with Crippen LogP contribution in [0.1, 0.15) is 34.6 Å². The first-order valence-electron chi connectivity index (χ1n) is 8.70. The summed E-state index contributed by atoms with van der Waals surface area (Å²) in [4.78, 5) is 30.2. The molecule has 8 heteroatoms. The third kappa shape index (κ3) is 3.23. The molecule has 0 radical (unpaired) electrons. The van der Waals surface area contributed by atoms with E-state index in [0.717, 1.165) is 18.5 Å². The van der Waals surface area contributed by atoms with Gasteiger partial charge < -0.3 is 10.6 Å². The van der Waals surface area contributed by atoms with Gasteiger partial charge in [-0.15, -0.1) is 11.3 Å². The summed E-state index contributed by atoms with van der Waals surface area (Å²) in [5, 5.41) is 8.74. The lowest BCUT2D eigenvalue weighted by Crippen LogP contribution is -2.46. The normalized spacial score (nSPS) is 16.2. The Labute approximate surface area is 159 Å². The first-order chi connectivity index (χ1) is 13.1. The van der Waals surface area contributed by atoms with Crippen LogP contribution >= 0.6 is 11.3 Å². The maximum atomic E-state index is 12.7. The molecule has 1 amide bonds. The van der Waals surface area contributed by atoms with Crippen LogP contribution in [0.25, 0.3) is 0 Å². The van der Waals surface area contributed by atoms with Crippen LogP contribution in [0.5, 0.6) is 0 Å². The number of nitrogens with two attached hydrogens (primary N) is 1. The smallest absolute Gasteiger partial charge is 0.274 e. The Morgan fingerprint density at radius 2 is 1.89 bits per heavy atom. The predicted molar refractivity (Wildman–Crippen MR) is 104 cm³/mol. The number of carbonyl (C=O) groups excluding carboxylic acids is 1. The predicted octanol–water partition coefficient (Wildman–Crippen LogP) is 2.03. The number of aromatic amines is 1. The zero-order valence-corrected chi connectivity index (χ0v) is 15.4. The van der Waals surface area contributed by atoms with Gasteiger partial charge in [-0.2, -0.15) is 5.10 Å². The van der Waals surface area contributed by atoms with Crippen molar-refractivity contribution in [3.63, 3.8) is 0 Å². The van der Waals surface area contributed by atoms with E-state index in [1.165, 1.54) is 29.0 Å². The number of nitrogen functional groups attached to an aromatic ring is 1. The first kappa shape index (κ1) is 17.4. The van der Waals surface area contributed by atoms with Crippen LogP contribution in [-0.4, -0.2) is 39.1 Å². The zero-order valence-electron chi connectivity index (χ0n) is 14.6. The van der Waals surface area contributed by atoms with Crippen LogP contribution in [0.3, 0.4) is 0 Å². The molecule has 0 bridgehead atoms. The summed E-state index contributed by atoms with van der Waals surface area (Å²) in [6.07, 6.45) is 1.49. The molecule has 0 aliphatic carbocycles. The van der Waals surface area contributed by atoms with Crippen LogP contribution in [0.4, 0.5) is 5.13 Å². The van der Waals surface area contributed by atoms with Crippen LogP contribution in [-0.2, 0) is 5.41 Å². The quantitative estimate of drug-likeness (QED) is 0.722. The second-order valence-electron chi connectivity index (χ2n) is 6.62. The molecule has 1 fully saturated rings. The molecule has 138 valence electrons. The van der Waals surface area contributed by atoms with Crippen LogP contribution in [0.15, 0.2) is 52.6 Å². The van der Waals surface area contributed by atoms with Gasteiger partial charge in [0.25, 0.3) is 11.5 Å². The molecule has 0 atom stereocenters. The number of amides is 1. The van der Waals surface area contributed by atoms with Crippen LogP contribution < -0.4 is 11.3 Å². The van der Waals surface area contributed by atoms with Gasteiger partial charge in [0.1, 0.15) is 5.69 Å². The highest BCUT2D eigenvalue weighted by Crippen LogP contribution is 2.42. The van der Waals surface area contributed by atoms with E-state index in [0.29, 0.717) is 18.2 Å². The molecule has 1 saturated heterocycles. The molecule has 1 aliphatic heterocycles. The molecular weight excluding hydrogens is 362 g/mol. The molecule has 3 aromatic rings. The number of nitrogens with one attached hydrogen (secondary N) is 1. The van der Waals surface area contributed by atoms with Crippen molar-refractivity contribution >= 4 is 22.4 Å². The molecule has 3 heterocycles. The summed E-state index contributed by atoms with van der Waals surface area (Å²) in [5.41, 5.74) is 7.71. The van der Waals surface area contributed by atoms with Crippen molar-refractivity contribution < 1.29 is 4.79 Å². The average Bonchev–Trinajstić information content (AvgIpc) is 3.16. The van der Waals surface area contributed by atoms with E-state index in [1.807, 2.05) is 23.6 Å². The van der Waals surface area contributed by atoms with Gasteiger partial charge in [-0.25, -0.2) is 10.1 Å². The molecule has 4 rings (SSSR count). The Morgan fingerprint density at radius 3 is 2.48 bits per heavy atom. The topological polar surface area (TPSA) is 105 Å². The Balaban J connectivity index is 1.61. The zero-order chi connectivity index (χ0) is 18.9. The van der Waals surface area contributed by atoms with Gasteiger partial charge in [-0.05, 0) is 24.5 Å². The minimum Gasteiger partial charge on any atom is -0.375 e. The Bertz CT molecular complexity index is 986. The molecule has 2 aromatic heterocycles. The van der Waals surface area contributed by atoms with Crippen molar-refractivity contribution in [2.24, 2.45) is 0 Å². The minimum absolute atomic E-state index is 0.175. The van der Waals surface area contributed by atoms with E-state index in [2.05, 4.69) is 27.3 Å². The Hall–Kier alpha value is -3.00. The molecule has 3 N–H and O–H groups in total. The van der Waals surface area contributed by atoms with E-state index in [1.54, 1.807) is 4.90 Å². The molecule has 0 spiro atoms. The molecule has 0 saturated carbocycles. The number of anilines is 1. The maximum Gasteiger partial charge on any atom is 0.274 e. The Kier molecular flexibility index (Phi) is 4.49. The summed E-state index contributed by atoms with van der Waals surface area (Å²) in [6.45, 7) is 1.15. The summed E-state index contributed by atoms with van der Waals surface area (Å²) in [5.74, 6) is -0.175. The van der Waals surface area contributed by atoms with Crippen molar-refractivity contribution in [1.82, 2.24) is 20.1 Å². The van der Waals surface area contributed by atoms with E-state index >= 15 is 0 Å². The van der Waals surface area contributed by atoms with Crippen LogP contribution in [0, 0.1) is 0 Å². The highest BCUT2D eigenvalue weighted by atomic mass is 32.1. The maximum absolute atomic E-state index is 12.7. The molecule has 27 heavy (non-hydrogen) atoms. The summed E-state index contributed by atoms with van der Waals surface area (Å²) < 4.78 is 0. The van der Waals surface area contributed by atoms with Crippen molar-refractivity contribution in [1.29, 1.82) is 0 Å². The number of hydrogen-bond acceptors (Lipinski definition) is 6. The number of benzene rings is 1. The van der Waals surface area contributed by atoms with E-state index in [-0.39, 0.29) is 22.6 Å². The number of nitrogens with zero attached hydrogens (tertiary/aromatic N) is 3. The van der Waals surface area contributed by atoms with E-state index in [4.69, 9.17) is 5.73 Å². The van der Waals surface area contributed by atoms with Crippen molar-refractivity contribution in [3.8, 4) is 0 Å². The van der Waals surface area contributed by atoms with Gasteiger partial charge in [0.2, 0.25) is 0 Å². The van der Waals surface area contributed by atoms with E-state index in [9.17, 15) is 9.59 Å². The van der Waals surface area contributed by atoms with Crippen LogP contribution in [0.2, 0.25) is 0 Å². The standard InChI is InChI=1S/C19H19N5O2S/c20-18-21-15(12-27-18)19(13-4-2-1-3-5-13)8-10-24(11-9-19)17(26)14-6-7-16(25)23-22-14/h1-7,12H,8-11H2,(H2,20,21)(H,23,25). The van der Waals surface area contributed by atoms with Crippen molar-refractivity contribution in [2.75, 3.05) is 18.8 Å². The number of rotatable bonds is 3. The second kappa shape index (κ2) is 6.96.